The minimum absolute atomic E-state index is 0.132. The first-order chi connectivity index (χ1) is 5.24. The summed E-state index contributed by atoms with van der Waals surface area (Å²) in [6.45, 7) is 0.235. The zero-order valence-electron chi connectivity index (χ0n) is 6.15. The predicted octanol–water partition coefficient (Wildman–Crippen LogP) is -0.759. The number of aliphatic hydroxyl groups excluding tert-OH is 1. The monoisotopic (exact) mass is 162 g/mol. The molecule has 0 saturated carbocycles. The van der Waals surface area contributed by atoms with Gasteiger partial charge in [0, 0.05) is 6.42 Å². The Hall–Kier alpha value is -0.650. The molecule has 1 heterocycles. The summed E-state index contributed by atoms with van der Waals surface area (Å²) >= 11 is 0. The maximum absolute atomic E-state index is 10.6. The van der Waals surface area contributed by atoms with Gasteiger partial charge in [-0.05, 0) is 0 Å². The minimum atomic E-state index is -1.15. The van der Waals surface area contributed by atoms with Crippen LogP contribution in [-0.4, -0.2) is 37.4 Å². The molecule has 0 aliphatic carbocycles. The van der Waals surface area contributed by atoms with Gasteiger partial charge in [-0.25, -0.2) is 4.79 Å². The summed E-state index contributed by atoms with van der Waals surface area (Å²) in [6, 6.07) is 0. The van der Waals surface area contributed by atoms with E-state index in [0.717, 1.165) is 0 Å². The van der Waals surface area contributed by atoms with Crippen molar-refractivity contribution in [2.75, 3.05) is 13.9 Å². The molecule has 64 valence electrons. The fraction of sp³-hybridized carbons (Fsp3) is 0.833. The fourth-order valence-corrected chi connectivity index (χ4v) is 0.715. The second kappa shape index (κ2) is 3.66. The first-order valence-corrected chi connectivity index (χ1v) is 3.23. The smallest absolute Gasteiger partial charge is 0.334 e. The highest BCUT2D eigenvalue weighted by molar-refractivity contribution is 5.74. The lowest BCUT2D eigenvalue weighted by atomic mass is 10.2. The third-order valence-corrected chi connectivity index (χ3v) is 1.40. The van der Waals surface area contributed by atoms with Crippen molar-refractivity contribution in [1.82, 2.24) is 0 Å². The van der Waals surface area contributed by atoms with Crippen LogP contribution in [0.4, 0.5) is 0 Å². The Labute approximate surface area is 63.9 Å². The van der Waals surface area contributed by atoms with Gasteiger partial charge in [-0.1, -0.05) is 0 Å². The molecule has 1 saturated heterocycles. The van der Waals surface area contributed by atoms with Crippen molar-refractivity contribution in [3.05, 3.63) is 0 Å². The largest absolute Gasteiger partial charge is 0.467 e. The summed E-state index contributed by atoms with van der Waals surface area (Å²) in [7, 11) is 1.22. The molecule has 0 amide bonds. The number of aliphatic hydroxyl groups is 1. The highest BCUT2D eigenvalue weighted by Gasteiger charge is 2.26. The van der Waals surface area contributed by atoms with Crippen LogP contribution in [0.15, 0.2) is 0 Å². The van der Waals surface area contributed by atoms with Crippen molar-refractivity contribution >= 4 is 5.97 Å². The number of carbonyl (C=O) groups excluding carboxylic acids is 1. The molecule has 0 bridgehead atoms. The Kier molecular flexibility index (Phi) is 2.81. The van der Waals surface area contributed by atoms with Crippen molar-refractivity contribution in [3.8, 4) is 0 Å². The van der Waals surface area contributed by atoms with Crippen molar-refractivity contribution in [2.24, 2.45) is 0 Å². The molecule has 11 heavy (non-hydrogen) atoms. The van der Waals surface area contributed by atoms with E-state index in [0.29, 0.717) is 0 Å². The van der Waals surface area contributed by atoms with Gasteiger partial charge in [0.2, 0.25) is 0 Å². The van der Waals surface area contributed by atoms with E-state index < -0.39 is 18.4 Å². The second-order valence-electron chi connectivity index (χ2n) is 2.16. The van der Waals surface area contributed by atoms with Crippen LogP contribution >= 0.6 is 0 Å². The third kappa shape index (κ3) is 2.14. The van der Waals surface area contributed by atoms with Crippen molar-refractivity contribution in [3.63, 3.8) is 0 Å². The van der Waals surface area contributed by atoms with Gasteiger partial charge >= 0.3 is 5.97 Å². The number of ether oxygens (including phenoxy) is 3. The normalized spacial score (nSPS) is 20.5. The van der Waals surface area contributed by atoms with E-state index in [2.05, 4.69) is 4.74 Å². The zero-order chi connectivity index (χ0) is 8.27. The summed E-state index contributed by atoms with van der Waals surface area (Å²) < 4.78 is 13.9. The third-order valence-electron chi connectivity index (χ3n) is 1.40. The highest BCUT2D eigenvalue weighted by atomic mass is 16.8. The van der Waals surface area contributed by atoms with Gasteiger partial charge in [0.1, 0.15) is 0 Å². The van der Waals surface area contributed by atoms with Crippen molar-refractivity contribution in [1.29, 1.82) is 0 Å². The SMILES string of the molecule is COC(=O)[C@H](O)CC1OCO1. The second-order valence-corrected chi connectivity index (χ2v) is 2.16. The van der Waals surface area contributed by atoms with Crippen LogP contribution in [0, 0.1) is 0 Å². The summed E-state index contributed by atoms with van der Waals surface area (Å²) in [5.74, 6) is -0.663. The number of hydrogen-bond donors (Lipinski definition) is 1. The number of methoxy groups -OCH3 is 1. The number of rotatable bonds is 3. The van der Waals surface area contributed by atoms with Gasteiger partial charge < -0.3 is 19.3 Å². The molecule has 1 rings (SSSR count). The molecule has 0 aromatic carbocycles. The maximum Gasteiger partial charge on any atom is 0.334 e. The topological polar surface area (TPSA) is 65.0 Å². The molecule has 1 fully saturated rings. The molecule has 0 radical (unpaired) electrons. The predicted molar refractivity (Wildman–Crippen MR) is 33.5 cm³/mol. The van der Waals surface area contributed by atoms with Crippen LogP contribution in [0.25, 0.3) is 0 Å². The lowest BCUT2D eigenvalue weighted by molar-refractivity contribution is -0.326. The number of esters is 1. The van der Waals surface area contributed by atoms with E-state index >= 15 is 0 Å². The van der Waals surface area contributed by atoms with E-state index in [4.69, 9.17) is 14.6 Å². The Balaban J connectivity index is 2.18. The van der Waals surface area contributed by atoms with Gasteiger partial charge in [-0.3, -0.25) is 0 Å². The van der Waals surface area contributed by atoms with Crippen LogP contribution in [0.1, 0.15) is 6.42 Å². The van der Waals surface area contributed by atoms with Crippen molar-refractivity contribution < 1.29 is 24.1 Å². The average molecular weight is 162 g/mol. The molecule has 5 nitrogen and oxygen atoms in total. The average Bonchev–Trinajstić information content (AvgIpc) is 1.94. The van der Waals surface area contributed by atoms with Crippen LogP contribution in [0.2, 0.25) is 0 Å². The molecule has 1 aliphatic heterocycles. The van der Waals surface area contributed by atoms with E-state index in [1.54, 1.807) is 0 Å². The van der Waals surface area contributed by atoms with Crippen LogP contribution in [-0.2, 0) is 19.0 Å². The summed E-state index contributed by atoms with van der Waals surface area (Å²) in [5, 5.41) is 9.02. The minimum Gasteiger partial charge on any atom is -0.467 e. The number of carbonyl (C=O) groups is 1. The molecule has 5 heteroatoms. The van der Waals surface area contributed by atoms with Gasteiger partial charge in [0.25, 0.3) is 0 Å². The first kappa shape index (κ1) is 8.45. The lowest BCUT2D eigenvalue weighted by Crippen LogP contribution is -2.36. The summed E-state index contributed by atoms with van der Waals surface area (Å²) in [5.41, 5.74) is 0. The van der Waals surface area contributed by atoms with Crippen LogP contribution in [0.3, 0.4) is 0 Å². The van der Waals surface area contributed by atoms with Gasteiger partial charge in [-0.2, -0.15) is 0 Å². The molecule has 0 aromatic rings. The molecule has 0 unspecified atom stereocenters. The van der Waals surface area contributed by atoms with Crippen molar-refractivity contribution in [2.45, 2.75) is 18.8 Å². The van der Waals surface area contributed by atoms with E-state index in [-0.39, 0.29) is 13.2 Å². The van der Waals surface area contributed by atoms with E-state index in [1.165, 1.54) is 7.11 Å². The molecule has 1 N–H and O–H groups in total. The van der Waals surface area contributed by atoms with Gasteiger partial charge in [0.05, 0.1) is 7.11 Å². The lowest BCUT2D eigenvalue weighted by Gasteiger charge is -2.27. The zero-order valence-corrected chi connectivity index (χ0v) is 6.15. The number of hydrogen-bond acceptors (Lipinski definition) is 5. The van der Waals surface area contributed by atoms with Crippen LogP contribution in [0.5, 0.6) is 0 Å². The molecular weight excluding hydrogens is 152 g/mol. The first-order valence-electron chi connectivity index (χ1n) is 3.23. The molecular formula is C6H10O5. The van der Waals surface area contributed by atoms with E-state index in [9.17, 15) is 4.79 Å². The van der Waals surface area contributed by atoms with Crippen LogP contribution < -0.4 is 0 Å². The Morgan fingerprint density at radius 1 is 1.82 bits per heavy atom. The van der Waals surface area contributed by atoms with E-state index in [1.807, 2.05) is 0 Å². The standard InChI is InChI=1S/C6H10O5/c1-9-6(8)4(7)2-5-10-3-11-5/h4-5,7H,2-3H2,1H3/t4-/m1/s1. The summed E-state index contributed by atoms with van der Waals surface area (Å²) in [4.78, 5) is 10.6. The molecule has 1 aliphatic rings. The highest BCUT2D eigenvalue weighted by Crippen LogP contribution is 2.13. The maximum atomic E-state index is 10.6. The van der Waals surface area contributed by atoms with Gasteiger partial charge in [-0.15, -0.1) is 0 Å². The molecule has 1 atom stereocenters. The van der Waals surface area contributed by atoms with Gasteiger partial charge in [0.15, 0.2) is 19.2 Å². The fourth-order valence-electron chi connectivity index (χ4n) is 0.715. The molecule has 0 spiro atoms. The summed E-state index contributed by atoms with van der Waals surface area (Å²) in [6.07, 6.45) is -1.47. The molecule has 0 aromatic heterocycles. The Morgan fingerprint density at radius 3 is 2.82 bits per heavy atom. The Bertz CT molecular complexity index is 142. The Morgan fingerprint density at radius 2 is 2.45 bits per heavy atom. The quantitative estimate of drug-likeness (QED) is 0.552.